The third-order valence-electron chi connectivity index (χ3n) is 1.64. The van der Waals surface area contributed by atoms with E-state index in [0.29, 0.717) is 0 Å². The van der Waals surface area contributed by atoms with Crippen molar-refractivity contribution in [2.24, 2.45) is 0 Å². The van der Waals surface area contributed by atoms with E-state index in [2.05, 4.69) is 11.8 Å². The summed E-state index contributed by atoms with van der Waals surface area (Å²) in [6.45, 7) is 3.66. The molecule has 1 heterocycles. The minimum absolute atomic E-state index is 0.229. The topological polar surface area (TPSA) is 39.4 Å². The Balaban J connectivity index is 2.75. The van der Waals surface area contributed by atoms with Gasteiger partial charge in [0.05, 0.1) is 6.42 Å². The van der Waals surface area contributed by atoms with Crippen molar-refractivity contribution in [1.82, 2.24) is 0 Å². The first kappa shape index (κ1) is 8.84. The van der Waals surface area contributed by atoms with Gasteiger partial charge < -0.3 is 9.15 Å². The van der Waals surface area contributed by atoms with Gasteiger partial charge in [0.1, 0.15) is 18.6 Å². The molecule has 1 rings (SSSR count). The maximum atomic E-state index is 10.8. The first-order chi connectivity index (χ1) is 5.63. The zero-order chi connectivity index (χ0) is 9.14. The first-order valence-electron chi connectivity index (χ1n) is 3.64. The van der Waals surface area contributed by atoms with E-state index in [-0.39, 0.29) is 12.4 Å². The van der Waals surface area contributed by atoms with Crippen LogP contribution in [0.3, 0.4) is 0 Å². The van der Waals surface area contributed by atoms with Gasteiger partial charge in [0, 0.05) is 5.56 Å². The van der Waals surface area contributed by atoms with Crippen LogP contribution in [0.25, 0.3) is 0 Å². The molecule has 1 aromatic heterocycles. The highest BCUT2D eigenvalue weighted by molar-refractivity contribution is 5.72. The van der Waals surface area contributed by atoms with Crippen molar-refractivity contribution in [3.05, 3.63) is 30.3 Å². The number of rotatable bonds is 2. The number of hydrogen-bond acceptors (Lipinski definition) is 3. The second-order valence-electron chi connectivity index (χ2n) is 2.63. The molecule has 3 heteroatoms. The summed E-state index contributed by atoms with van der Waals surface area (Å²) in [4.78, 5) is 10.8. The number of carbonyl (C=O) groups excluding carboxylic acids is 1. The Hall–Kier alpha value is -1.25. The fourth-order valence-corrected chi connectivity index (χ4v) is 1.07. The molecule has 0 aliphatic carbocycles. The Morgan fingerprint density at radius 3 is 2.75 bits per heavy atom. The van der Waals surface area contributed by atoms with Crippen LogP contribution >= 0.6 is 0 Å². The molecular formula is C9H11O3. The molecule has 0 unspecified atom stereocenters. The second kappa shape index (κ2) is 3.43. The lowest BCUT2D eigenvalue weighted by Crippen LogP contribution is -2.03. The lowest BCUT2D eigenvalue weighted by atomic mass is 10.2. The molecule has 0 N–H and O–H groups in total. The number of aryl methyl sites for hydroxylation is 2. The molecule has 1 radical (unpaired) electrons. The molecule has 0 spiro atoms. The fourth-order valence-electron chi connectivity index (χ4n) is 1.07. The third kappa shape index (κ3) is 1.87. The van der Waals surface area contributed by atoms with Gasteiger partial charge in [-0.3, -0.25) is 4.79 Å². The summed E-state index contributed by atoms with van der Waals surface area (Å²) in [5.41, 5.74) is 0.862. The predicted molar refractivity (Wildman–Crippen MR) is 43.3 cm³/mol. The van der Waals surface area contributed by atoms with E-state index >= 15 is 0 Å². The van der Waals surface area contributed by atoms with Crippen molar-refractivity contribution in [2.75, 3.05) is 0 Å². The van der Waals surface area contributed by atoms with Crippen molar-refractivity contribution >= 4 is 5.97 Å². The Labute approximate surface area is 71.3 Å². The summed E-state index contributed by atoms with van der Waals surface area (Å²) < 4.78 is 9.52. The molecule has 0 saturated carbocycles. The van der Waals surface area contributed by atoms with Gasteiger partial charge in [-0.2, -0.15) is 0 Å². The van der Waals surface area contributed by atoms with E-state index < -0.39 is 0 Å². The molecule has 0 fully saturated rings. The fraction of sp³-hybridized carbons (Fsp3) is 0.333. The smallest absolute Gasteiger partial charge is 0.310 e. The molecule has 0 aromatic carbocycles. The Morgan fingerprint density at radius 1 is 1.67 bits per heavy atom. The highest BCUT2D eigenvalue weighted by atomic mass is 16.5. The van der Waals surface area contributed by atoms with E-state index in [0.717, 1.165) is 17.1 Å². The quantitative estimate of drug-likeness (QED) is 0.630. The molecular weight excluding hydrogens is 156 g/mol. The average Bonchev–Trinajstić information content (AvgIpc) is 2.30. The van der Waals surface area contributed by atoms with Crippen molar-refractivity contribution < 1.29 is 13.9 Å². The molecule has 0 aliphatic heterocycles. The Kier molecular flexibility index (Phi) is 2.53. The second-order valence-corrected chi connectivity index (χ2v) is 2.63. The summed E-state index contributed by atoms with van der Waals surface area (Å²) in [6, 6.07) is 1.83. The van der Waals surface area contributed by atoms with Gasteiger partial charge in [-0.1, -0.05) is 0 Å². The number of ether oxygens (including phenoxy) is 1. The summed E-state index contributed by atoms with van der Waals surface area (Å²) in [5, 5.41) is 0. The minimum atomic E-state index is -0.348. The van der Waals surface area contributed by atoms with Crippen LogP contribution in [0.4, 0.5) is 0 Å². The van der Waals surface area contributed by atoms with Gasteiger partial charge in [-0.05, 0) is 19.9 Å². The molecule has 0 atom stereocenters. The molecule has 0 saturated heterocycles. The lowest BCUT2D eigenvalue weighted by Gasteiger charge is -1.95. The van der Waals surface area contributed by atoms with Crippen LogP contribution in [-0.2, 0) is 16.0 Å². The molecule has 0 amide bonds. The Morgan fingerprint density at radius 2 is 2.33 bits per heavy atom. The van der Waals surface area contributed by atoms with Crippen LogP contribution in [-0.4, -0.2) is 5.97 Å². The first-order valence-corrected chi connectivity index (χ1v) is 3.64. The van der Waals surface area contributed by atoms with Crippen LogP contribution in [0.1, 0.15) is 17.1 Å². The number of furan rings is 1. The van der Waals surface area contributed by atoms with E-state index in [4.69, 9.17) is 4.42 Å². The minimum Gasteiger partial charge on any atom is -0.466 e. The van der Waals surface area contributed by atoms with Gasteiger partial charge in [0.25, 0.3) is 0 Å². The summed E-state index contributed by atoms with van der Waals surface area (Å²) >= 11 is 0. The summed E-state index contributed by atoms with van der Waals surface area (Å²) in [6.07, 6.45) is 0.229. The summed E-state index contributed by atoms with van der Waals surface area (Å²) in [5.74, 6) is 1.22. The van der Waals surface area contributed by atoms with Crippen LogP contribution in [0.2, 0.25) is 0 Å². The predicted octanol–water partition coefficient (Wildman–Crippen LogP) is 1.77. The standard InChI is InChI=1S/C9H11O3/c1-6-4-8(7(2)12-6)5-9(10)11-3/h4H,3,5H2,1-2H3. The molecule has 65 valence electrons. The van der Waals surface area contributed by atoms with E-state index in [1.54, 1.807) is 0 Å². The highest BCUT2D eigenvalue weighted by Crippen LogP contribution is 2.14. The van der Waals surface area contributed by atoms with Gasteiger partial charge in [-0.15, -0.1) is 0 Å². The molecule has 0 bridgehead atoms. The van der Waals surface area contributed by atoms with Gasteiger partial charge in [0.2, 0.25) is 0 Å². The van der Waals surface area contributed by atoms with Crippen LogP contribution < -0.4 is 0 Å². The third-order valence-corrected chi connectivity index (χ3v) is 1.64. The van der Waals surface area contributed by atoms with Crippen molar-refractivity contribution in [2.45, 2.75) is 20.3 Å². The molecule has 3 nitrogen and oxygen atoms in total. The normalized spacial score (nSPS) is 9.92. The van der Waals surface area contributed by atoms with Crippen molar-refractivity contribution in [3.63, 3.8) is 0 Å². The van der Waals surface area contributed by atoms with Gasteiger partial charge in [-0.25, -0.2) is 0 Å². The van der Waals surface area contributed by atoms with E-state index in [1.807, 2.05) is 19.9 Å². The SMILES string of the molecule is [CH2]OC(=O)Cc1cc(C)oc1C. The van der Waals surface area contributed by atoms with Crippen LogP contribution in [0.15, 0.2) is 10.5 Å². The molecule has 0 aliphatic rings. The number of carbonyl (C=O) groups is 1. The van der Waals surface area contributed by atoms with Crippen LogP contribution in [0, 0.1) is 21.0 Å². The van der Waals surface area contributed by atoms with Crippen molar-refractivity contribution in [3.8, 4) is 0 Å². The Bertz CT molecular complexity index is 286. The summed E-state index contributed by atoms with van der Waals surface area (Å²) in [7, 11) is 3.04. The lowest BCUT2D eigenvalue weighted by molar-refractivity contribution is -0.137. The maximum Gasteiger partial charge on any atom is 0.310 e. The zero-order valence-electron chi connectivity index (χ0n) is 7.22. The van der Waals surface area contributed by atoms with Gasteiger partial charge >= 0.3 is 5.97 Å². The monoisotopic (exact) mass is 167 g/mol. The van der Waals surface area contributed by atoms with E-state index in [9.17, 15) is 4.79 Å². The number of esters is 1. The highest BCUT2D eigenvalue weighted by Gasteiger charge is 2.09. The largest absolute Gasteiger partial charge is 0.466 e. The van der Waals surface area contributed by atoms with Crippen LogP contribution in [0.5, 0.6) is 0 Å². The zero-order valence-corrected chi connectivity index (χ0v) is 7.22. The van der Waals surface area contributed by atoms with Gasteiger partial charge in [0.15, 0.2) is 0 Å². The van der Waals surface area contributed by atoms with Crippen molar-refractivity contribution in [1.29, 1.82) is 0 Å². The maximum absolute atomic E-state index is 10.8. The van der Waals surface area contributed by atoms with E-state index in [1.165, 1.54) is 0 Å². The molecule has 12 heavy (non-hydrogen) atoms. The average molecular weight is 167 g/mol. The number of hydrogen-bond donors (Lipinski definition) is 0. The molecule has 1 aromatic rings.